The van der Waals surface area contributed by atoms with Crippen LogP contribution < -0.4 is 5.32 Å². The summed E-state index contributed by atoms with van der Waals surface area (Å²) in [5, 5.41) is 12.9. The molecule has 0 fully saturated rings. The number of aliphatic carboxylic acids is 1. The van der Waals surface area contributed by atoms with Gasteiger partial charge in [0.05, 0.1) is 12.7 Å². The van der Waals surface area contributed by atoms with E-state index in [9.17, 15) is 14.4 Å². The van der Waals surface area contributed by atoms with Crippen LogP contribution in [-0.4, -0.2) is 46.4 Å². The lowest BCUT2D eigenvalue weighted by molar-refractivity contribution is -0.137. The Bertz CT molecular complexity index is 680. The van der Waals surface area contributed by atoms with Crippen molar-refractivity contribution in [3.05, 3.63) is 35.2 Å². The third kappa shape index (κ3) is 3.92. The van der Waals surface area contributed by atoms with Gasteiger partial charge in [0, 0.05) is 19.0 Å². The zero-order chi connectivity index (χ0) is 16.1. The molecule has 0 radical (unpaired) electrons. The van der Waals surface area contributed by atoms with Crippen molar-refractivity contribution < 1.29 is 23.9 Å². The van der Waals surface area contributed by atoms with Gasteiger partial charge in [0.15, 0.2) is 10.9 Å². The van der Waals surface area contributed by atoms with E-state index in [0.29, 0.717) is 0 Å². The summed E-state index contributed by atoms with van der Waals surface area (Å²) in [6.45, 7) is 0.0831. The first kappa shape index (κ1) is 15.7. The van der Waals surface area contributed by atoms with E-state index in [4.69, 9.17) is 9.52 Å². The third-order valence-corrected chi connectivity index (χ3v) is 3.45. The van der Waals surface area contributed by atoms with Crippen molar-refractivity contribution in [1.29, 1.82) is 0 Å². The maximum absolute atomic E-state index is 12.0. The molecule has 0 unspecified atom stereocenters. The van der Waals surface area contributed by atoms with E-state index >= 15 is 0 Å². The molecule has 0 saturated carbocycles. The van der Waals surface area contributed by atoms with Gasteiger partial charge in [-0.25, -0.2) is 4.98 Å². The minimum atomic E-state index is -0.982. The molecule has 22 heavy (non-hydrogen) atoms. The molecule has 9 heteroatoms. The Morgan fingerprint density at radius 3 is 2.86 bits per heavy atom. The van der Waals surface area contributed by atoms with Gasteiger partial charge in [0.25, 0.3) is 11.8 Å². The van der Waals surface area contributed by atoms with Crippen LogP contribution in [0, 0.1) is 0 Å². The highest BCUT2D eigenvalue weighted by atomic mass is 32.1. The summed E-state index contributed by atoms with van der Waals surface area (Å²) >= 11 is 1.10. The zero-order valence-corrected chi connectivity index (χ0v) is 12.4. The number of hydrogen-bond donors (Lipinski definition) is 2. The Kier molecular flexibility index (Phi) is 4.89. The Balaban J connectivity index is 1.97. The number of aromatic nitrogens is 1. The fraction of sp³-hybridized carbons (Fsp3) is 0.231. The van der Waals surface area contributed by atoms with E-state index in [1.54, 1.807) is 6.07 Å². The SMILES string of the molecule is CN(CCC(=O)O)C(=O)c1csc(NC(=O)c2ccco2)n1. The van der Waals surface area contributed by atoms with Crippen molar-refractivity contribution >= 4 is 34.3 Å². The number of furan rings is 1. The summed E-state index contributed by atoms with van der Waals surface area (Å²) in [6, 6.07) is 3.10. The third-order valence-electron chi connectivity index (χ3n) is 2.70. The lowest BCUT2D eigenvalue weighted by atomic mass is 10.3. The monoisotopic (exact) mass is 323 g/mol. The van der Waals surface area contributed by atoms with E-state index in [0.717, 1.165) is 11.3 Å². The summed E-state index contributed by atoms with van der Waals surface area (Å²) in [4.78, 5) is 39.6. The van der Waals surface area contributed by atoms with Gasteiger partial charge in [-0.05, 0) is 12.1 Å². The first-order chi connectivity index (χ1) is 10.5. The minimum Gasteiger partial charge on any atom is -0.481 e. The van der Waals surface area contributed by atoms with Crippen molar-refractivity contribution in [1.82, 2.24) is 9.88 Å². The molecule has 2 N–H and O–H groups in total. The van der Waals surface area contributed by atoms with E-state index in [1.165, 1.54) is 29.7 Å². The predicted octanol–water partition coefficient (Wildman–Crippen LogP) is 1.54. The number of amides is 2. The summed E-state index contributed by atoms with van der Waals surface area (Å²) < 4.78 is 4.95. The normalized spacial score (nSPS) is 10.2. The van der Waals surface area contributed by atoms with Crippen LogP contribution in [0.1, 0.15) is 27.5 Å². The van der Waals surface area contributed by atoms with Crippen LogP contribution in [0.15, 0.2) is 28.2 Å². The Hall–Kier alpha value is -2.68. The number of carbonyl (C=O) groups is 3. The molecule has 2 rings (SSSR count). The standard InChI is InChI=1S/C13H13N3O5S/c1-16(5-4-10(17)18)12(20)8-7-22-13(14-8)15-11(19)9-3-2-6-21-9/h2-3,6-7H,4-5H2,1H3,(H,17,18)(H,14,15,19). The van der Waals surface area contributed by atoms with E-state index in [1.807, 2.05) is 0 Å². The van der Waals surface area contributed by atoms with Crippen molar-refractivity contribution in [3.63, 3.8) is 0 Å². The van der Waals surface area contributed by atoms with E-state index in [2.05, 4.69) is 10.3 Å². The molecule has 116 valence electrons. The smallest absolute Gasteiger partial charge is 0.305 e. The molecule has 0 aliphatic carbocycles. The molecule has 0 spiro atoms. The number of thiazole rings is 1. The first-order valence-electron chi connectivity index (χ1n) is 6.25. The summed E-state index contributed by atoms with van der Waals surface area (Å²) in [5.41, 5.74) is 0.146. The molecule has 0 aliphatic rings. The van der Waals surface area contributed by atoms with E-state index in [-0.39, 0.29) is 29.6 Å². The average molecular weight is 323 g/mol. The number of nitrogens with one attached hydrogen (secondary N) is 1. The fourth-order valence-electron chi connectivity index (χ4n) is 1.56. The lowest BCUT2D eigenvalue weighted by Gasteiger charge is -2.14. The molecule has 0 atom stereocenters. The first-order valence-corrected chi connectivity index (χ1v) is 7.13. The van der Waals surface area contributed by atoms with Gasteiger partial charge in [0.1, 0.15) is 5.69 Å². The number of hydrogen-bond acceptors (Lipinski definition) is 6. The van der Waals surface area contributed by atoms with Crippen LogP contribution in [0.2, 0.25) is 0 Å². The quantitative estimate of drug-likeness (QED) is 0.833. The second kappa shape index (κ2) is 6.85. The Morgan fingerprint density at radius 2 is 2.23 bits per heavy atom. The molecule has 0 aliphatic heterocycles. The molecule has 2 aromatic rings. The average Bonchev–Trinajstić information content (AvgIpc) is 3.14. The van der Waals surface area contributed by atoms with Crippen LogP contribution in [0.4, 0.5) is 5.13 Å². The van der Waals surface area contributed by atoms with Crippen molar-refractivity contribution in [3.8, 4) is 0 Å². The molecule has 0 bridgehead atoms. The number of carbonyl (C=O) groups excluding carboxylic acids is 2. The summed E-state index contributed by atoms with van der Waals surface area (Å²) in [6.07, 6.45) is 1.23. The van der Waals surface area contributed by atoms with E-state index < -0.39 is 17.8 Å². The highest BCUT2D eigenvalue weighted by Crippen LogP contribution is 2.17. The van der Waals surface area contributed by atoms with Crippen LogP contribution >= 0.6 is 11.3 Å². The van der Waals surface area contributed by atoms with Gasteiger partial charge in [-0.15, -0.1) is 11.3 Å². The Labute approximate surface area is 129 Å². The highest BCUT2D eigenvalue weighted by Gasteiger charge is 2.18. The van der Waals surface area contributed by atoms with Crippen molar-refractivity contribution in [2.24, 2.45) is 0 Å². The van der Waals surface area contributed by atoms with Crippen molar-refractivity contribution in [2.75, 3.05) is 18.9 Å². The van der Waals surface area contributed by atoms with Crippen LogP contribution in [-0.2, 0) is 4.79 Å². The molecule has 0 saturated heterocycles. The molecule has 8 nitrogen and oxygen atoms in total. The zero-order valence-electron chi connectivity index (χ0n) is 11.6. The molecule has 0 aromatic carbocycles. The maximum atomic E-state index is 12.0. The molecule has 2 heterocycles. The minimum absolute atomic E-state index is 0.0831. The number of carboxylic acid groups (broad SMARTS) is 1. The van der Waals surface area contributed by atoms with Gasteiger partial charge in [-0.1, -0.05) is 0 Å². The molecular formula is C13H13N3O5S. The maximum Gasteiger partial charge on any atom is 0.305 e. The molecule has 2 aromatic heterocycles. The van der Waals surface area contributed by atoms with Gasteiger partial charge >= 0.3 is 5.97 Å². The van der Waals surface area contributed by atoms with Crippen molar-refractivity contribution in [2.45, 2.75) is 6.42 Å². The number of anilines is 1. The topological polar surface area (TPSA) is 113 Å². The molecular weight excluding hydrogens is 310 g/mol. The lowest BCUT2D eigenvalue weighted by Crippen LogP contribution is -2.29. The number of carboxylic acids is 1. The second-order valence-corrected chi connectivity index (χ2v) is 5.20. The van der Waals surface area contributed by atoms with Gasteiger partial charge in [-0.2, -0.15) is 0 Å². The van der Waals surface area contributed by atoms with Gasteiger partial charge in [-0.3, -0.25) is 19.7 Å². The molecule has 2 amide bonds. The highest BCUT2D eigenvalue weighted by molar-refractivity contribution is 7.14. The van der Waals surface area contributed by atoms with Crippen LogP contribution in [0.3, 0.4) is 0 Å². The fourth-order valence-corrected chi connectivity index (χ4v) is 2.24. The van der Waals surface area contributed by atoms with Crippen LogP contribution in [0.25, 0.3) is 0 Å². The summed E-state index contributed by atoms with van der Waals surface area (Å²) in [5.74, 6) is -1.71. The number of rotatable bonds is 6. The van der Waals surface area contributed by atoms with Gasteiger partial charge in [0.2, 0.25) is 0 Å². The summed E-state index contributed by atoms with van der Waals surface area (Å²) in [7, 11) is 1.49. The number of nitrogens with zero attached hydrogens (tertiary/aromatic N) is 2. The second-order valence-electron chi connectivity index (χ2n) is 4.34. The largest absolute Gasteiger partial charge is 0.481 e. The van der Waals surface area contributed by atoms with Crippen LogP contribution in [0.5, 0.6) is 0 Å². The predicted molar refractivity (Wildman–Crippen MR) is 78.0 cm³/mol. The van der Waals surface area contributed by atoms with Gasteiger partial charge < -0.3 is 14.4 Å². The Morgan fingerprint density at radius 1 is 1.45 bits per heavy atom.